The van der Waals surface area contributed by atoms with E-state index in [-0.39, 0.29) is 11.4 Å². The first-order valence-corrected chi connectivity index (χ1v) is 7.21. The molecule has 0 aliphatic rings. The highest BCUT2D eigenvalue weighted by atomic mass is 79.9. The number of aromatic hydroxyl groups is 1. The number of hydrogen-bond donors (Lipinski definition) is 2. The second kappa shape index (κ2) is 6.23. The van der Waals surface area contributed by atoms with Crippen molar-refractivity contribution in [2.75, 3.05) is 5.32 Å². The molecule has 0 atom stereocenters. The highest BCUT2D eigenvalue weighted by Gasteiger charge is 2.10. The number of nitro benzene ring substituents is 1. The molecule has 0 radical (unpaired) electrons. The molecule has 0 aliphatic carbocycles. The Balaban J connectivity index is 2.20. The molecule has 2 aromatic rings. The van der Waals surface area contributed by atoms with Gasteiger partial charge >= 0.3 is 0 Å². The van der Waals surface area contributed by atoms with E-state index in [1.807, 2.05) is 0 Å². The van der Waals surface area contributed by atoms with Crippen molar-refractivity contribution in [3.63, 3.8) is 0 Å². The van der Waals surface area contributed by atoms with Crippen molar-refractivity contribution in [2.24, 2.45) is 0 Å². The van der Waals surface area contributed by atoms with Gasteiger partial charge in [0.05, 0.1) is 10.6 Å². The van der Waals surface area contributed by atoms with Crippen LogP contribution in [0, 0.1) is 10.1 Å². The number of nitrogens with one attached hydrogen (secondary N) is 1. The lowest BCUT2D eigenvalue weighted by molar-refractivity contribution is -0.384. The van der Waals surface area contributed by atoms with E-state index in [0.717, 1.165) is 8.95 Å². The van der Waals surface area contributed by atoms with Crippen LogP contribution in [0.5, 0.6) is 5.75 Å². The molecule has 2 aromatic carbocycles. The normalized spacial score (nSPS) is 10.3. The first-order valence-electron chi connectivity index (χ1n) is 5.62. The summed E-state index contributed by atoms with van der Waals surface area (Å²) in [6, 6.07) is 9.59. The summed E-state index contributed by atoms with van der Waals surface area (Å²) in [6.07, 6.45) is 0. The summed E-state index contributed by atoms with van der Waals surface area (Å²) in [6.45, 7) is 0.352. The molecule has 0 fully saturated rings. The van der Waals surface area contributed by atoms with Gasteiger partial charge in [0, 0.05) is 33.2 Å². The van der Waals surface area contributed by atoms with E-state index in [9.17, 15) is 15.2 Å². The number of rotatable bonds is 4. The number of nitrogens with zero attached hydrogens (tertiary/aromatic N) is 1. The monoisotopic (exact) mass is 400 g/mol. The summed E-state index contributed by atoms with van der Waals surface area (Å²) < 4.78 is 1.57. The van der Waals surface area contributed by atoms with Crippen molar-refractivity contribution in [1.29, 1.82) is 0 Å². The van der Waals surface area contributed by atoms with Gasteiger partial charge in [0.25, 0.3) is 5.69 Å². The smallest absolute Gasteiger partial charge is 0.271 e. The van der Waals surface area contributed by atoms with E-state index in [4.69, 9.17) is 0 Å². The first-order chi connectivity index (χ1) is 9.47. The minimum absolute atomic E-state index is 0.00849. The lowest BCUT2D eigenvalue weighted by Crippen LogP contribution is -2.01. The zero-order valence-corrected chi connectivity index (χ0v) is 13.3. The minimum Gasteiger partial charge on any atom is -0.508 e. The number of nitro groups is 1. The lowest BCUT2D eigenvalue weighted by atomic mass is 10.2. The van der Waals surface area contributed by atoms with Crippen molar-refractivity contribution in [1.82, 2.24) is 0 Å². The molecule has 104 valence electrons. The van der Waals surface area contributed by atoms with Gasteiger partial charge in [-0.25, -0.2) is 0 Å². The third kappa shape index (κ3) is 3.49. The van der Waals surface area contributed by atoms with Crippen LogP contribution < -0.4 is 5.32 Å². The highest BCUT2D eigenvalue weighted by Crippen LogP contribution is 2.29. The Morgan fingerprint density at radius 1 is 1.20 bits per heavy atom. The van der Waals surface area contributed by atoms with Crippen LogP contribution >= 0.6 is 31.9 Å². The van der Waals surface area contributed by atoms with Gasteiger partial charge in [-0.2, -0.15) is 0 Å². The molecule has 0 saturated carbocycles. The SMILES string of the molecule is O=[N+]([O-])c1ccc(Br)c(NCc2cc(Br)ccc2O)c1. The van der Waals surface area contributed by atoms with Gasteiger partial charge in [-0.15, -0.1) is 0 Å². The Morgan fingerprint density at radius 3 is 2.65 bits per heavy atom. The zero-order chi connectivity index (χ0) is 14.7. The Hall–Kier alpha value is -1.60. The van der Waals surface area contributed by atoms with E-state index in [1.54, 1.807) is 24.3 Å². The highest BCUT2D eigenvalue weighted by molar-refractivity contribution is 9.10. The maximum absolute atomic E-state index is 10.8. The maximum Gasteiger partial charge on any atom is 0.271 e. The van der Waals surface area contributed by atoms with Crippen molar-refractivity contribution in [2.45, 2.75) is 6.54 Å². The molecule has 0 aliphatic heterocycles. The molecule has 2 rings (SSSR count). The van der Waals surface area contributed by atoms with Gasteiger partial charge in [-0.1, -0.05) is 15.9 Å². The number of anilines is 1. The van der Waals surface area contributed by atoms with Crippen LogP contribution in [-0.4, -0.2) is 10.0 Å². The van der Waals surface area contributed by atoms with Gasteiger partial charge in [0.15, 0.2) is 0 Å². The number of non-ortho nitro benzene ring substituents is 1. The summed E-state index contributed by atoms with van der Waals surface area (Å²) in [5, 5.41) is 23.6. The molecule has 5 nitrogen and oxygen atoms in total. The summed E-state index contributed by atoms with van der Waals surface area (Å²) in [4.78, 5) is 10.3. The molecule has 20 heavy (non-hydrogen) atoms. The maximum atomic E-state index is 10.8. The summed E-state index contributed by atoms with van der Waals surface area (Å²) in [7, 11) is 0. The fourth-order valence-corrected chi connectivity index (χ4v) is 2.44. The minimum atomic E-state index is -0.450. The number of hydrogen-bond acceptors (Lipinski definition) is 4. The van der Waals surface area contributed by atoms with Gasteiger partial charge in [-0.3, -0.25) is 10.1 Å². The summed E-state index contributed by atoms with van der Waals surface area (Å²) >= 11 is 6.66. The average molecular weight is 402 g/mol. The molecule has 0 heterocycles. The van der Waals surface area contributed by atoms with Crippen molar-refractivity contribution >= 4 is 43.2 Å². The molecule has 0 bridgehead atoms. The number of benzene rings is 2. The van der Waals surface area contributed by atoms with E-state index >= 15 is 0 Å². The number of halogens is 2. The summed E-state index contributed by atoms with van der Waals surface area (Å²) in [5.74, 6) is 0.169. The van der Waals surface area contributed by atoms with E-state index < -0.39 is 4.92 Å². The van der Waals surface area contributed by atoms with Crippen LogP contribution in [-0.2, 0) is 6.54 Å². The summed E-state index contributed by atoms with van der Waals surface area (Å²) in [5.41, 5.74) is 1.30. The Kier molecular flexibility index (Phi) is 4.61. The second-order valence-electron chi connectivity index (χ2n) is 4.05. The molecule has 0 amide bonds. The second-order valence-corrected chi connectivity index (χ2v) is 5.82. The van der Waals surface area contributed by atoms with Crippen LogP contribution in [0.15, 0.2) is 45.3 Å². The quantitative estimate of drug-likeness (QED) is 0.586. The van der Waals surface area contributed by atoms with Gasteiger partial charge < -0.3 is 10.4 Å². The van der Waals surface area contributed by atoms with Crippen LogP contribution in [0.1, 0.15) is 5.56 Å². The Bertz CT molecular complexity index is 662. The number of phenolic OH excluding ortho intramolecular Hbond substituents is 1. The lowest BCUT2D eigenvalue weighted by Gasteiger charge is -2.10. The largest absolute Gasteiger partial charge is 0.508 e. The van der Waals surface area contributed by atoms with Crippen molar-refractivity contribution < 1.29 is 10.0 Å². The molecular weight excluding hydrogens is 392 g/mol. The Morgan fingerprint density at radius 2 is 1.95 bits per heavy atom. The molecule has 0 unspecified atom stereocenters. The molecule has 0 saturated heterocycles. The standard InChI is InChI=1S/C13H10Br2N2O3/c14-9-1-4-13(18)8(5-9)7-16-12-6-10(17(19)20)2-3-11(12)15/h1-6,16,18H,7H2. The topological polar surface area (TPSA) is 75.4 Å². The van der Waals surface area contributed by atoms with Gasteiger partial charge in [-0.05, 0) is 40.2 Å². The molecular formula is C13H10Br2N2O3. The number of phenols is 1. The van der Waals surface area contributed by atoms with E-state index in [0.29, 0.717) is 17.8 Å². The fourth-order valence-electron chi connectivity index (χ4n) is 1.65. The van der Waals surface area contributed by atoms with E-state index in [1.165, 1.54) is 12.1 Å². The zero-order valence-electron chi connectivity index (χ0n) is 10.1. The molecule has 7 heteroatoms. The van der Waals surface area contributed by atoms with Gasteiger partial charge in [0.2, 0.25) is 0 Å². The molecule has 2 N–H and O–H groups in total. The van der Waals surface area contributed by atoms with Crippen LogP contribution in [0.2, 0.25) is 0 Å². The predicted octanol–water partition coefficient (Wildman–Crippen LogP) is 4.44. The van der Waals surface area contributed by atoms with Crippen LogP contribution in [0.25, 0.3) is 0 Å². The average Bonchev–Trinajstić information content (AvgIpc) is 2.41. The third-order valence-electron chi connectivity index (χ3n) is 2.67. The fraction of sp³-hybridized carbons (Fsp3) is 0.0769. The van der Waals surface area contributed by atoms with E-state index in [2.05, 4.69) is 37.2 Å². The van der Waals surface area contributed by atoms with Gasteiger partial charge in [0.1, 0.15) is 5.75 Å². The first kappa shape index (κ1) is 14.8. The third-order valence-corrected chi connectivity index (χ3v) is 3.86. The Labute approximate surface area is 132 Å². The molecule has 0 aromatic heterocycles. The van der Waals surface area contributed by atoms with Crippen molar-refractivity contribution in [3.05, 3.63) is 61.0 Å². The molecule has 0 spiro atoms. The van der Waals surface area contributed by atoms with Crippen molar-refractivity contribution in [3.8, 4) is 5.75 Å². The van der Waals surface area contributed by atoms with Crippen LogP contribution in [0.4, 0.5) is 11.4 Å². The van der Waals surface area contributed by atoms with Crippen LogP contribution in [0.3, 0.4) is 0 Å². The predicted molar refractivity (Wildman–Crippen MR) is 83.9 cm³/mol.